The zero-order valence-corrected chi connectivity index (χ0v) is 13.3. The summed E-state index contributed by atoms with van der Waals surface area (Å²) in [4.78, 5) is 12.1. The molecule has 1 amide bonds. The second-order valence-electron chi connectivity index (χ2n) is 4.14. The molecule has 0 aliphatic rings. The van der Waals surface area contributed by atoms with E-state index in [0.29, 0.717) is 17.3 Å². The van der Waals surface area contributed by atoms with Gasteiger partial charge in [-0.15, -0.1) is 10.2 Å². The van der Waals surface area contributed by atoms with Gasteiger partial charge in [0.1, 0.15) is 11.6 Å². The van der Waals surface area contributed by atoms with Crippen LogP contribution in [0.5, 0.6) is 5.75 Å². The molecule has 0 spiro atoms. The summed E-state index contributed by atoms with van der Waals surface area (Å²) in [7, 11) is 1.57. The molecule has 1 aromatic heterocycles. The first-order valence-corrected chi connectivity index (χ1v) is 7.16. The number of hydrogen-bond acceptors (Lipinski definition) is 5. The van der Waals surface area contributed by atoms with Crippen LogP contribution >= 0.6 is 15.9 Å². The maximum absolute atomic E-state index is 12.1. The van der Waals surface area contributed by atoms with Crippen molar-refractivity contribution in [3.8, 4) is 5.75 Å². The summed E-state index contributed by atoms with van der Waals surface area (Å²) in [6.07, 6.45) is 0. The highest BCUT2D eigenvalue weighted by Gasteiger charge is 2.10. The molecule has 7 heteroatoms. The Hall–Kier alpha value is -2.15. The van der Waals surface area contributed by atoms with Gasteiger partial charge in [0.15, 0.2) is 5.69 Å². The fraction of sp³-hybridized carbons (Fsp3) is 0.214. The van der Waals surface area contributed by atoms with Gasteiger partial charge in [-0.25, -0.2) is 0 Å². The predicted molar refractivity (Wildman–Crippen MR) is 84.8 cm³/mol. The molecule has 2 N–H and O–H groups in total. The number of nitrogens with zero attached hydrogens (tertiary/aromatic N) is 2. The number of carbonyl (C=O) groups is 1. The van der Waals surface area contributed by atoms with Gasteiger partial charge in [-0.3, -0.25) is 4.79 Å². The van der Waals surface area contributed by atoms with Gasteiger partial charge in [0.2, 0.25) is 0 Å². The van der Waals surface area contributed by atoms with Gasteiger partial charge in [-0.2, -0.15) is 0 Å². The lowest BCUT2D eigenvalue weighted by molar-refractivity contribution is 0.102. The highest BCUT2D eigenvalue weighted by molar-refractivity contribution is 9.10. The lowest BCUT2D eigenvalue weighted by Crippen LogP contribution is -2.15. The predicted octanol–water partition coefficient (Wildman–Crippen LogP) is 2.93. The Balaban J connectivity index is 2.10. The average Bonchev–Trinajstić information content (AvgIpc) is 2.50. The fourth-order valence-corrected chi connectivity index (χ4v) is 2.07. The first-order chi connectivity index (χ1) is 10.1. The second kappa shape index (κ2) is 7.03. The van der Waals surface area contributed by atoms with Gasteiger partial charge in [-0.1, -0.05) is 0 Å². The standard InChI is InChI=1S/C14H15BrN4O2/c1-3-16-13-7-6-11(18-19-13)14(20)17-9-4-5-10(15)12(8-9)21-2/h4-8H,3H2,1-2H3,(H,16,19)(H,17,20). The van der Waals surface area contributed by atoms with Crippen LogP contribution in [0, 0.1) is 0 Å². The summed E-state index contributed by atoms with van der Waals surface area (Å²) in [6.45, 7) is 2.71. The number of rotatable bonds is 5. The highest BCUT2D eigenvalue weighted by atomic mass is 79.9. The number of aromatic nitrogens is 2. The van der Waals surface area contributed by atoms with Crippen molar-refractivity contribution >= 4 is 33.3 Å². The van der Waals surface area contributed by atoms with Crippen molar-refractivity contribution in [1.82, 2.24) is 10.2 Å². The second-order valence-corrected chi connectivity index (χ2v) is 4.99. The average molecular weight is 351 g/mol. The van der Waals surface area contributed by atoms with E-state index >= 15 is 0 Å². The van der Waals surface area contributed by atoms with Gasteiger partial charge >= 0.3 is 0 Å². The number of carbonyl (C=O) groups excluding carboxylic acids is 1. The van der Waals surface area contributed by atoms with Crippen LogP contribution in [-0.4, -0.2) is 29.8 Å². The lowest BCUT2D eigenvalue weighted by atomic mass is 10.3. The lowest BCUT2D eigenvalue weighted by Gasteiger charge is -2.08. The summed E-state index contributed by atoms with van der Waals surface area (Å²) in [5.74, 6) is 0.954. The molecule has 0 aliphatic carbocycles. The molecule has 110 valence electrons. The fourth-order valence-electron chi connectivity index (χ4n) is 1.66. The third-order valence-electron chi connectivity index (χ3n) is 2.66. The van der Waals surface area contributed by atoms with Crippen LogP contribution in [-0.2, 0) is 0 Å². The molecule has 0 aliphatic heterocycles. The zero-order valence-electron chi connectivity index (χ0n) is 11.7. The minimum absolute atomic E-state index is 0.249. The maximum Gasteiger partial charge on any atom is 0.276 e. The van der Waals surface area contributed by atoms with Crippen molar-refractivity contribution in [2.24, 2.45) is 0 Å². The highest BCUT2D eigenvalue weighted by Crippen LogP contribution is 2.27. The maximum atomic E-state index is 12.1. The van der Waals surface area contributed by atoms with Crippen LogP contribution in [0.3, 0.4) is 0 Å². The van der Waals surface area contributed by atoms with Crippen LogP contribution in [0.2, 0.25) is 0 Å². The topological polar surface area (TPSA) is 76.1 Å². The molecule has 0 bridgehead atoms. The molecule has 0 saturated heterocycles. The van der Waals surface area contributed by atoms with Crippen LogP contribution in [0.4, 0.5) is 11.5 Å². The Morgan fingerprint density at radius 3 is 2.71 bits per heavy atom. The summed E-state index contributed by atoms with van der Waals surface area (Å²) >= 11 is 3.36. The molecular formula is C14H15BrN4O2. The van der Waals surface area contributed by atoms with E-state index in [1.54, 1.807) is 37.4 Å². The van der Waals surface area contributed by atoms with Gasteiger partial charge in [0.05, 0.1) is 11.6 Å². The number of nitrogens with one attached hydrogen (secondary N) is 2. The van der Waals surface area contributed by atoms with Crippen molar-refractivity contribution in [2.45, 2.75) is 6.92 Å². The molecule has 0 saturated carbocycles. The first kappa shape index (κ1) is 15.2. The number of methoxy groups -OCH3 is 1. The van der Waals surface area contributed by atoms with Crippen LogP contribution in [0.25, 0.3) is 0 Å². The van der Waals surface area contributed by atoms with E-state index < -0.39 is 0 Å². The first-order valence-electron chi connectivity index (χ1n) is 6.36. The number of anilines is 2. The molecule has 0 fully saturated rings. The number of hydrogen-bond donors (Lipinski definition) is 2. The Bertz CT molecular complexity index is 631. The largest absolute Gasteiger partial charge is 0.495 e. The third-order valence-corrected chi connectivity index (χ3v) is 3.32. The Labute approximate surface area is 131 Å². The van der Waals surface area contributed by atoms with E-state index in [1.165, 1.54) is 0 Å². The number of benzene rings is 1. The molecule has 21 heavy (non-hydrogen) atoms. The van der Waals surface area contributed by atoms with E-state index in [9.17, 15) is 4.79 Å². The van der Waals surface area contributed by atoms with Crippen molar-refractivity contribution in [3.05, 3.63) is 40.5 Å². The minimum Gasteiger partial charge on any atom is -0.495 e. The van der Waals surface area contributed by atoms with Gasteiger partial charge in [0, 0.05) is 18.3 Å². The van der Waals surface area contributed by atoms with Crippen molar-refractivity contribution < 1.29 is 9.53 Å². The molecule has 2 aromatic rings. The van der Waals surface area contributed by atoms with Crippen LogP contribution < -0.4 is 15.4 Å². The molecule has 0 radical (unpaired) electrons. The number of ether oxygens (including phenoxy) is 1. The summed E-state index contributed by atoms with van der Waals surface area (Å²) < 4.78 is 6.00. The van der Waals surface area contributed by atoms with Crippen molar-refractivity contribution in [1.29, 1.82) is 0 Å². The number of halogens is 1. The van der Waals surface area contributed by atoms with Crippen LogP contribution in [0.1, 0.15) is 17.4 Å². The Morgan fingerprint density at radius 1 is 1.29 bits per heavy atom. The molecule has 6 nitrogen and oxygen atoms in total. The number of amides is 1. The van der Waals surface area contributed by atoms with Gasteiger partial charge in [0.25, 0.3) is 5.91 Å². The smallest absolute Gasteiger partial charge is 0.276 e. The van der Waals surface area contributed by atoms with Gasteiger partial charge in [-0.05, 0) is 47.1 Å². The minimum atomic E-state index is -0.324. The molecule has 2 rings (SSSR count). The van der Waals surface area contributed by atoms with E-state index in [4.69, 9.17) is 4.74 Å². The molecule has 1 aromatic carbocycles. The molecule has 0 atom stereocenters. The zero-order chi connectivity index (χ0) is 15.2. The summed E-state index contributed by atoms with van der Waals surface area (Å²) in [6, 6.07) is 8.63. The van der Waals surface area contributed by atoms with Gasteiger partial charge < -0.3 is 15.4 Å². The molecule has 0 unspecified atom stereocenters. The molecular weight excluding hydrogens is 336 g/mol. The molecule has 1 heterocycles. The van der Waals surface area contributed by atoms with Crippen LogP contribution in [0.15, 0.2) is 34.8 Å². The summed E-state index contributed by atoms with van der Waals surface area (Å²) in [5.41, 5.74) is 0.871. The third kappa shape index (κ3) is 3.91. The Kier molecular flexibility index (Phi) is 5.10. The van der Waals surface area contributed by atoms with E-state index in [0.717, 1.165) is 11.0 Å². The summed E-state index contributed by atoms with van der Waals surface area (Å²) in [5, 5.41) is 13.6. The normalized spacial score (nSPS) is 10.0. The Morgan fingerprint density at radius 2 is 2.10 bits per heavy atom. The SMILES string of the molecule is CCNc1ccc(C(=O)Nc2ccc(Br)c(OC)c2)nn1. The van der Waals surface area contributed by atoms with Crippen molar-refractivity contribution in [3.63, 3.8) is 0 Å². The monoisotopic (exact) mass is 350 g/mol. The van der Waals surface area contributed by atoms with E-state index in [-0.39, 0.29) is 11.6 Å². The quantitative estimate of drug-likeness (QED) is 0.866. The van der Waals surface area contributed by atoms with E-state index in [1.807, 2.05) is 6.92 Å². The van der Waals surface area contributed by atoms with E-state index in [2.05, 4.69) is 36.8 Å². The van der Waals surface area contributed by atoms with Crippen molar-refractivity contribution in [2.75, 3.05) is 24.3 Å².